The molecule has 3 amide bonds. The number of hydrogen-bond acceptors (Lipinski definition) is 3. The molecule has 3 N–H and O–H groups in total. The van der Waals surface area contributed by atoms with E-state index in [4.69, 9.17) is 0 Å². The largest absolute Gasteiger partial charge is 0.376 e. The lowest BCUT2D eigenvalue weighted by Crippen LogP contribution is -2.38. The van der Waals surface area contributed by atoms with Crippen LogP contribution in [0, 0.1) is 20.8 Å². The lowest BCUT2D eigenvalue weighted by molar-refractivity contribution is -0.118. The van der Waals surface area contributed by atoms with Crippen molar-refractivity contribution in [3.05, 3.63) is 59.2 Å². The second-order valence-electron chi connectivity index (χ2n) is 5.50. The Labute approximate surface area is 136 Å². The molecule has 0 aliphatic rings. The molecule has 0 saturated carbocycles. The number of hydrogen-bond donors (Lipinski definition) is 3. The van der Waals surface area contributed by atoms with Gasteiger partial charge in [-0.2, -0.15) is 0 Å². The van der Waals surface area contributed by atoms with Crippen LogP contribution in [0.3, 0.4) is 0 Å². The smallest absolute Gasteiger partial charge is 0.325 e. The van der Waals surface area contributed by atoms with Crippen LogP contribution in [-0.2, 0) is 4.79 Å². The van der Waals surface area contributed by atoms with E-state index in [0.29, 0.717) is 5.69 Å². The van der Waals surface area contributed by atoms with E-state index in [9.17, 15) is 9.59 Å². The zero-order valence-electron chi connectivity index (χ0n) is 13.6. The standard InChI is InChI=1S/C18H21N3O2/c1-12-9-13(2)17(14(3)10-12)19-11-16(22)21-18(23)20-15-7-5-4-6-8-15/h4-10,19H,11H2,1-3H3,(H2,20,21,22,23). The first-order valence-corrected chi connectivity index (χ1v) is 7.43. The Hall–Kier alpha value is -2.82. The van der Waals surface area contributed by atoms with E-state index >= 15 is 0 Å². The molecule has 2 aromatic rings. The summed E-state index contributed by atoms with van der Waals surface area (Å²) in [7, 11) is 0. The fourth-order valence-electron chi connectivity index (χ4n) is 2.48. The van der Waals surface area contributed by atoms with Crippen molar-refractivity contribution < 1.29 is 9.59 Å². The number of para-hydroxylation sites is 1. The zero-order valence-corrected chi connectivity index (χ0v) is 13.6. The molecule has 0 spiro atoms. The Morgan fingerprint density at radius 2 is 1.57 bits per heavy atom. The summed E-state index contributed by atoms with van der Waals surface area (Å²) in [5.74, 6) is -0.391. The summed E-state index contributed by atoms with van der Waals surface area (Å²) in [6, 6.07) is 12.5. The molecule has 2 rings (SSSR count). The normalized spacial score (nSPS) is 10.0. The predicted molar refractivity (Wildman–Crippen MR) is 92.7 cm³/mol. The van der Waals surface area contributed by atoms with Crippen LogP contribution in [0.5, 0.6) is 0 Å². The van der Waals surface area contributed by atoms with Gasteiger partial charge in [-0.1, -0.05) is 35.9 Å². The lowest BCUT2D eigenvalue weighted by Gasteiger charge is -2.13. The number of urea groups is 1. The van der Waals surface area contributed by atoms with E-state index in [0.717, 1.165) is 16.8 Å². The van der Waals surface area contributed by atoms with Gasteiger partial charge in [-0.15, -0.1) is 0 Å². The zero-order chi connectivity index (χ0) is 16.8. The molecule has 0 radical (unpaired) electrons. The molecule has 0 heterocycles. The average Bonchev–Trinajstić information content (AvgIpc) is 2.46. The van der Waals surface area contributed by atoms with Gasteiger partial charge >= 0.3 is 6.03 Å². The van der Waals surface area contributed by atoms with Gasteiger partial charge in [0.1, 0.15) is 0 Å². The van der Waals surface area contributed by atoms with Gasteiger partial charge in [0.25, 0.3) is 0 Å². The van der Waals surface area contributed by atoms with Crippen LogP contribution in [0.25, 0.3) is 0 Å². The fourth-order valence-corrected chi connectivity index (χ4v) is 2.48. The topological polar surface area (TPSA) is 70.2 Å². The molecule has 2 aromatic carbocycles. The van der Waals surface area contributed by atoms with Crippen LogP contribution in [0.1, 0.15) is 16.7 Å². The maximum Gasteiger partial charge on any atom is 0.325 e. The first kappa shape index (κ1) is 16.5. The van der Waals surface area contributed by atoms with Crippen molar-refractivity contribution >= 4 is 23.3 Å². The van der Waals surface area contributed by atoms with Crippen molar-refractivity contribution in [2.75, 3.05) is 17.2 Å². The van der Waals surface area contributed by atoms with E-state index in [2.05, 4.69) is 28.1 Å². The number of carbonyl (C=O) groups is 2. The third-order valence-electron chi connectivity index (χ3n) is 3.39. The highest BCUT2D eigenvalue weighted by molar-refractivity contribution is 6.02. The summed E-state index contributed by atoms with van der Waals surface area (Å²) >= 11 is 0. The van der Waals surface area contributed by atoms with Crippen LogP contribution in [0.4, 0.5) is 16.2 Å². The number of imide groups is 1. The second-order valence-corrected chi connectivity index (χ2v) is 5.50. The number of nitrogens with one attached hydrogen (secondary N) is 3. The summed E-state index contributed by atoms with van der Waals surface area (Å²) in [5, 5.41) is 7.99. The summed E-state index contributed by atoms with van der Waals surface area (Å²) < 4.78 is 0. The Morgan fingerprint density at radius 3 is 2.17 bits per heavy atom. The van der Waals surface area contributed by atoms with Gasteiger partial charge in [0.05, 0.1) is 6.54 Å². The molecule has 0 atom stereocenters. The number of aryl methyl sites for hydroxylation is 3. The highest BCUT2D eigenvalue weighted by Gasteiger charge is 2.09. The Morgan fingerprint density at radius 1 is 0.957 bits per heavy atom. The molecular weight excluding hydrogens is 290 g/mol. The van der Waals surface area contributed by atoms with Gasteiger partial charge in [-0.25, -0.2) is 4.79 Å². The summed E-state index contributed by atoms with van der Waals surface area (Å²) in [6.07, 6.45) is 0. The van der Waals surface area contributed by atoms with Gasteiger partial charge in [-0.3, -0.25) is 10.1 Å². The number of rotatable bonds is 4. The van der Waals surface area contributed by atoms with Crippen molar-refractivity contribution in [2.45, 2.75) is 20.8 Å². The molecule has 0 unspecified atom stereocenters. The molecule has 0 aliphatic heterocycles. The molecule has 5 heteroatoms. The van der Waals surface area contributed by atoms with Crippen LogP contribution in [0.15, 0.2) is 42.5 Å². The molecule has 23 heavy (non-hydrogen) atoms. The van der Waals surface area contributed by atoms with Gasteiger partial charge < -0.3 is 10.6 Å². The Kier molecular flexibility index (Phi) is 5.36. The SMILES string of the molecule is Cc1cc(C)c(NCC(=O)NC(=O)Nc2ccccc2)c(C)c1. The van der Waals surface area contributed by atoms with Crippen molar-refractivity contribution in [1.29, 1.82) is 0 Å². The van der Waals surface area contributed by atoms with Crippen LogP contribution in [0.2, 0.25) is 0 Å². The number of anilines is 2. The third kappa shape index (κ3) is 4.85. The number of amides is 3. The first-order chi connectivity index (χ1) is 11.0. The van der Waals surface area contributed by atoms with Crippen molar-refractivity contribution in [1.82, 2.24) is 5.32 Å². The Bertz CT molecular complexity index is 688. The summed E-state index contributed by atoms with van der Waals surface area (Å²) in [4.78, 5) is 23.6. The summed E-state index contributed by atoms with van der Waals surface area (Å²) in [5.41, 5.74) is 4.88. The first-order valence-electron chi connectivity index (χ1n) is 7.43. The molecule has 0 aromatic heterocycles. The Balaban J connectivity index is 1.87. The quantitative estimate of drug-likeness (QED) is 0.811. The maximum absolute atomic E-state index is 11.9. The molecule has 0 aliphatic carbocycles. The van der Waals surface area contributed by atoms with Crippen LogP contribution < -0.4 is 16.0 Å². The van der Waals surface area contributed by atoms with E-state index in [1.165, 1.54) is 5.56 Å². The minimum Gasteiger partial charge on any atom is -0.376 e. The van der Waals surface area contributed by atoms with E-state index in [1.807, 2.05) is 39.0 Å². The van der Waals surface area contributed by atoms with E-state index < -0.39 is 11.9 Å². The van der Waals surface area contributed by atoms with Crippen LogP contribution in [-0.4, -0.2) is 18.5 Å². The number of benzene rings is 2. The maximum atomic E-state index is 11.9. The van der Waals surface area contributed by atoms with Crippen molar-refractivity contribution in [3.8, 4) is 0 Å². The molecule has 5 nitrogen and oxygen atoms in total. The van der Waals surface area contributed by atoms with Gasteiger partial charge in [0, 0.05) is 11.4 Å². The highest BCUT2D eigenvalue weighted by Crippen LogP contribution is 2.21. The minimum atomic E-state index is -0.541. The molecule has 0 fully saturated rings. The summed E-state index contributed by atoms with van der Waals surface area (Å²) in [6.45, 7) is 6.04. The van der Waals surface area contributed by atoms with E-state index in [-0.39, 0.29) is 6.54 Å². The van der Waals surface area contributed by atoms with Crippen molar-refractivity contribution in [3.63, 3.8) is 0 Å². The second kappa shape index (κ2) is 7.45. The van der Waals surface area contributed by atoms with Gasteiger partial charge in [0.15, 0.2) is 0 Å². The number of carbonyl (C=O) groups excluding carboxylic acids is 2. The molecule has 120 valence electrons. The third-order valence-corrected chi connectivity index (χ3v) is 3.39. The average molecular weight is 311 g/mol. The highest BCUT2D eigenvalue weighted by atomic mass is 16.2. The van der Waals surface area contributed by atoms with E-state index in [1.54, 1.807) is 12.1 Å². The van der Waals surface area contributed by atoms with Crippen LogP contribution >= 0.6 is 0 Å². The predicted octanol–water partition coefficient (Wildman–Crippen LogP) is 3.37. The van der Waals surface area contributed by atoms with Gasteiger partial charge in [-0.05, 0) is 44.0 Å². The minimum absolute atomic E-state index is 0.0347. The van der Waals surface area contributed by atoms with Crippen molar-refractivity contribution in [2.24, 2.45) is 0 Å². The fraction of sp³-hybridized carbons (Fsp3) is 0.222. The molecule has 0 bridgehead atoms. The lowest BCUT2D eigenvalue weighted by atomic mass is 10.1. The molecule has 0 saturated heterocycles. The van der Waals surface area contributed by atoms with Gasteiger partial charge in [0.2, 0.25) is 5.91 Å². The molecular formula is C18H21N3O2. The monoisotopic (exact) mass is 311 g/mol.